The van der Waals surface area contributed by atoms with E-state index in [4.69, 9.17) is 14.6 Å². The maximum atomic E-state index is 10.6. The van der Waals surface area contributed by atoms with Crippen LogP contribution in [0.4, 0.5) is 13.2 Å². The van der Waals surface area contributed by atoms with E-state index in [0.29, 0.717) is 6.04 Å². The van der Waals surface area contributed by atoms with Crippen LogP contribution in [-0.4, -0.2) is 55.6 Å². The molecule has 0 saturated carbocycles. The normalized spacial score (nSPS) is 15.9. The molecule has 1 aliphatic heterocycles. The molecule has 0 aliphatic carbocycles. The Morgan fingerprint density at radius 3 is 2.58 bits per heavy atom. The van der Waals surface area contributed by atoms with Gasteiger partial charge in [-0.25, -0.2) is 9.31 Å². The van der Waals surface area contributed by atoms with Gasteiger partial charge in [-0.2, -0.15) is 13.2 Å². The third-order valence-electron chi connectivity index (χ3n) is 5.90. The summed E-state index contributed by atoms with van der Waals surface area (Å²) in [5, 5.41) is 16.1. The van der Waals surface area contributed by atoms with Crippen molar-refractivity contribution in [3.05, 3.63) is 78.4 Å². The van der Waals surface area contributed by atoms with Gasteiger partial charge in [0.05, 0.1) is 18.7 Å². The summed E-state index contributed by atoms with van der Waals surface area (Å²) >= 11 is 0. The summed E-state index contributed by atoms with van der Waals surface area (Å²) in [6, 6.07) is 16.8. The van der Waals surface area contributed by atoms with E-state index in [1.807, 2.05) is 41.3 Å². The van der Waals surface area contributed by atoms with Gasteiger partial charge in [0, 0.05) is 30.7 Å². The lowest BCUT2D eigenvalue weighted by atomic mass is 10.1. The number of benzene rings is 1. The molecule has 4 aromatic rings. The first-order valence-electron chi connectivity index (χ1n) is 11.2. The lowest BCUT2D eigenvalue weighted by Crippen LogP contribution is -2.23. The molecule has 0 amide bonds. The van der Waals surface area contributed by atoms with Crippen LogP contribution >= 0.6 is 0 Å². The summed E-state index contributed by atoms with van der Waals surface area (Å²) in [5.74, 6) is -1.91. The van der Waals surface area contributed by atoms with E-state index < -0.39 is 12.1 Å². The van der Waals surface area contributed by atoms with Gasteiger partial charge in [0.25, 0.3) is 0 Å². The van der Waals surface area contributed by atoms with E-state index in [2.05, 4.69) is 50.5 Å². The Morgan fingerprint density at radius 1 is 1.14 bits per heavy atom. The first-order chi connectivity index (χ1) is 17.3. The van der Waals surface area contributed by atoms with Gasteiger partial charge in [0.2, 0.25) is 0 Å². The molecule has 0 spiro atoms. The highest BCUT2D eigenvalue weighted by atomic mass is 19.4. The molecule has 1 fully saturated rings. The second-order valence-electron chi connectivity index (χ2n) is 8.24. The molecule has 1 atom stereocenters. The number of fused-ring (bicyclic) bond motifs is 1. The molecule has 5 rings (SSSR count). The quantitative estimate of drug-likeness (QED) is 0.423. The molecule has 188 valence electrons. The lowest BCUT2D eigenvalue weighted by Gasteiger charge is -2.23. The molecule has 1 aromatic carbocycles. The Morgan fingerprint density at radius 2 is 1.89 bits per heavy atom. The lowest BCUT2D eigenvalue weighted by molar-refractivity contribution is -0.192. The van der Waals surface area contributed by atoms with Crippen LogP contribution in [0.5, 0.6) is 5.75 Å². The number of aromatic nitrogens is 4. The largest absolute Gasteiger partial charge is 0.497 e. The Bertz CT molecular complexity index is 1330. The minimum absolute atomic E-state index is 0.295. The number of aliphatic carboxylic acids is 1. The second kappa shape index (κ2) is 10.7. The van der Waals surface area contributed by atoms with E-state index in [1.165, 1.54) is 12.0 Å². The standard InChI is InChI=1S/C23H23N5O.C2HF3O2/c1-29-20-5-2-4-18(14-20)19-7-8-22-23(25-26-28(22)16-19)21-6-3-13-27(21)15-17-9-11-24-12-10-17;3-2(4,5)1(6)7/h2,4-5,7-12,14,16,21H,3,6,13,15H2,1H3;(H,6,7). The predicted octanol–water partition coefficient (Wildman–Crippen LogP) is 4.77. The molecular formula is C25H24F3N5O3. The van der Waals surface area contributed by atoms with Crippen LogP contribution in [0.3, 0.4) is 0 Å². The first kappa shape index (κ1) is 25.1. The summed E-state index contributed by atoms with van der Waals surface area (Å²) in [6.45, 7) is 1.99. The van der Waals surface area contributed by atoms with Gasteiger partial charge in [-0.1, -0.05) is 23.4 Å². The molecule has 1 saturated heterocycles. The van der Waals surface area contributed by atoms with Gasteiger partial charge in [-0.05, 0) is 60.8 Å². The Kier molecular flexibility index (Phi) is 7.49. The molecule has 11 heteroatoms. The molecule has 0 bridgehead atoms. The molecule has 4 heterocycles. The maximum Gasteiger partial charge on any atom is 0.490 e. The Labute approximate surface area is 205 Å². The topological polar surface area (TPSA) is 92.9 Å². The van der Waals surface area contributed by atoms with E-state index in [-0.39, 0.29) is 0 Å². The number of methoxy groups -OCH3 is 1. The third-order valence-corrected chi connectivity index (χ3v) is 5.90. The third kappa shape index (κ3) is 5.80. The number of carboxylic acid groups (broad SMARTS) is 1. The SMILES string of the molecule is COc1cccc(-c2ccc3c(C4CCCN4Cc4ccncc4)nnn3c2)c1.O=C(O)C(F)(F)F. The van der Waals surface area contributed by atoms with Gasteiger partial charge in [-0.3, -0.25) is 9.88 Å². The average molecular weight is 499 g/mol. The zero-order chi connectivity index (χ0) is 25.7. The summed E-state index contributed by atoms with van der Waals surface area (Å²) in [7, 11) is 1.69. The van der Waals surface area contributed by atoms with Crippen molar-refractivity contribution in [2.45, 2.75) is 31.6 Å². The number of nitrogens with zero attached hydrogens (tertiary/aromatic N) is 5. The number of ether oxygens (including phenoxy) is 1. The fourth-order valence-electron chi connectivity index (χ4n) is 4.17. The molecule has 8 nitrogen and oxygen atoms in total. The van der Waals surface area contributed by atoms with Crippen LogP contribution in [0.25, 0.3) is 16.6 Å². The van der Waals surface area contributed by atoms with E-state index in [0.717, 1.165) is 47.6 Å². The molecular weight excluding hydrogens is 475 g/mol. The van der Waals surface area contributed by atoms with Crippen molar-refractivity contribution in [3.63, 3.8) is 0 Å². The van der Waals surface area contributed by atoms with Gasteiger partial charge in [0.1, 0.15) is 11.4 Å². The van der Waals surface area contributed by atoms with Crippen LogP contribution in [0.2, 0.25) is 0 Å². The smallest absolute Gasteiger partial charge is 0.490 e. The number of carboxylic acids is 1. The first-order valence-corrected chi connectivity index (χ1v) is 11.2. The number of hydrogen-bond acceptors (Lipinski definition) is 6. The number of pyridine rings is 2. The molecule has 1 N–H and O–H groups in total. The highest BCUT2D eigenvalue weighted by molar-refractivity contribution is 5.73. The summed E-state index contributed by atoms with van der Waals surface area (Å²) in [4.78, 5) is 15.5. The van der Waals surface area contributed by atoms with Crippen molar-refractivity contribution >= 4 is 11.5 Å². The minimum Gasteiger partial charge on any atom is -0.497 e. The van der Waals surface area contributed by atoms with Gasteiger partial charge in [0.15, 0.2) is 0 Å². The summed E-state index contributed by atoms with van der Waals surface area (Å²) < 4.78 is 39.0. The summed E-state index contributed by atoms with van der Waals surface area (Å²) in [6.07, 6.45) is 2.96. The summed E-state index contributed by atoms with van der Waals surface area (Å²) in [5.41, 5.74) is 5.61. The van der Waals surface area contributed by atoms with Crippen LogP contribution in [0, 0.1) is 0 Å². The highest BCUT2D eigenvalue weighted by Gasteiger charge is 2.38. The number of alkyl halides is 3. The number of hydrogen-bond donors (Lipinski definition) is 1. The molecule has 0 radical (unpaired) electrons. The van der Waals surface area contributed by atoms with Gasteiger partial charge in [-0.15, -0.1) is 5.10 Å². The van der Waals surface area contributed by atoms with Crippen molar-refractivity contribution in [3.8, 4) is 16.9 Å². The Hall–Kier alpha value is -3.99. The average Bonchev–Trinajstić information content (AvgIpc) is 3.50. The van der Waals surface area contributed by atoms with Crippen molar-refractivity contribution < 1.29 is 27.8 Å². The zero-order valence-electron chi connectivity index (χ0n) is 19.4. The van der Waals surface area contributed by atoms with Crippen LogP contribution in [-0.2, 0) is 11.3 Å². The Balaban J connectivity index is 0.000000384. The number of rotatable bonds is 5. The van der Waals surface area contributed by atoms with Crippen LogP contribution < -0.4 is 4.74 Å². The monoisotopic (exact) mass is 499 g/mol. The molecule has 3 aromatic heterocycles. The van der Waals surface area contributed by atoms with Crippen LogP contribution in [0.15, 0.2) is 67.1 Å². The number of likely N-dealkylation sites (tertiary alicyclic amines) is 1. The fraction of sp³-hybridized carbons (Fsp3) is 0.280. The molecule has 36 heavy (non-hydrogen) atoms. The van der Waals surface area contributed by atoms with Gasteiger partial charge < -0.3 is 9.84 Å². The van der Waals surface area contributed by atoms with Gasteiger partial charge >= 0.3 is 12.1 Å². The predicted molar refractivity (Wildman–Crippen MR) is 125 cm³/mol. The fourth-order valence-corrected chi connectivity index (χ4v) is 4.17. The van der Waals surface area contributed by atoms with Crippen molar-refractivity contribution in [2.75, 3.05) is 13.7 Å². The number of halogens is 3. The zero-order valence-corrected chi connectivity index (χ0v) is 19.4. The second-order valence-corrected chi connectivity index (χ2v) is 8.24. The number of carbonyl (C=O) groups is 1. The van der Waals surface area contributed by atoms with E-state index in [1.54, 1.807) is 7.11 Å². The van der Waals surface area contributed by atoms with Crippen molar-refractivity contribution in [1.29, 1.82) is 0 Å². The van der Waals surface area contributed by atoms with Crippen LogP contribution in [0.1, 0.15) is 30.1 Å². The van der Waals surface area contributed by atoms with E-state index >= 15 is 0 Å². The highest BCUT2D eigenvalue weighted by Crippen LogP contribution is 2.34. The molecule has 1 aliphatic rings. The maximum absolute atomic E-state index is 10.6. The molecule has 1 unspecified atom stereocenters. The van der Waals surface area contributed by atoms with E-state index in [9.17, 15) is 13.2 Å². The van der Waals surface area contributed by atoms with Crippen molar-refractivity contribution in [2.24, 2.45) is 0 Å². The van der Waals surface area contributed by atoms with Crippen molar-refractivity contribution in [1.82, 2.24) is 24.7 Å². The minimum atomic E-state index is -5.08.